The average Bonchev–Trinajstić information content (AvgIpc) is 2.60. The minimum atomic E-state index is 1.12. The highest BCUT2D eigenvalue weighted by Crippen LogP contribution is 2.36. The van der Waals surface area contributed by atoms with Gasteiger partial charge in [-0.2, -0.15) is 0 Å². The van der Waals surface area contributed by atoms with Crippen molar-refractivity contribution in [2.24, 2.45) is 0 Å². The Morgan fingerprint density at radius 1 is 0.727 bits per heavy atom. The first-order valence-corrected chi connectivity index (χ1v) is 8.43. The second-order valence-corrected chi connectivity index (χ2v) is 6.64. The molecule has 0 amide bonds. The average molecular weight is 285 g/mol. The lowest BCUT2D eigenvalue weighted by atomic mass is 9.86. The van der Waals surface area contributed by atoms with Gasteiger partial charge in [-0.3, -0.25) is 0 Å². The Morgan fingerprint density at radius 2 is 1.59 bits per heavy atom. The molecule has 1 heterocycles. The number of fused-ring (bicyclic) bond motifs is 6. The van der Waals surface area contributed by atoms with Crippen LogP contribution in [0.5, 0.6) is 0 Å². The Labute approximate surface area is 131 Å². The number of nitrogens with zero attached hydrogens (tertiary/aromatic N) is 1. The molecule has 108 valence electrons. The van der Waals surface area contributed by atoms with E-state index in [9.17, 15) is 0 Å². The molecule has 5 rings (SSSR count). The van der Waals surface area contributed by atoms with Gasteiger partial charge < -0.3 is 0 Å². The molecule has 0 spiro atoms. The quantitative estimate of drug-likeness (QED) is 0.573. The van der Waals surface area contributed by atoms with E-state index in [1.807, 2.05) is 0 Å². The van der Waals surface area contributed by atoms with Crippen LogP contribution in [0.15, 0.2) is 42.5 Å². The van der Waals surface area contributed by atoms with Gasteiger partial charge >= 0.3 is 0 Å². The van der Waals surface area contributed by atoms with Gasteiger partial charge in [0.2, 0.25) is 0 Å². The van der Waals surface area contributed by atoms with E-state index in [-0.39, 0.29) is 0 Å². The van der Waals surface area contributed by atoms with Crippen molar-refractivity contribution in [3.8, 4) is 11.3 Å². The molecule has 0 unspecified atom stereocenters. The number of hydrogen-bond acceptors (Lipinski definition) is 1. The van der Waals surface area contributed by atoms with Crippen molar-refractivity contribution < 1.29 is 0 Å². The number of benzene rings is 2. The topological polar surface area (TPSA) is 12.9 Å². The molecule has 0 saturated heterocycles. The molecule has 0 N–H and O–H groups in total. The molecule has 2 aliphatic carbocycles. The zero-order chi connectivity index (χ0) is 14.5. The minimum Gasteiger partial charge on any atom is -0.247 e. The van der Waals surface area contributed by atoms with Crippen molar-refractivity contribution >= 4 is 10.9 Å². The van der Waals surface area contributed by atoms with Gasteiger partial charge in [-0.15, -0.1) is 0 Å². The predicted molar refractivity (Wildman–Crippen MR) is 91.2 cm³/mol. The molecule has 0 saturated carbocycles. The van der Waals surface area contributed by atoms with Gasteiger partial charge in [-0.25, -0.2) is 4.98 Å². The number of aryl methyl sites for hydroxylation is 4. The van der Waals surface area contributed by atoms with Gasteiger partial charge in [0.1, 0.15) is 0 Å². The van der Waals surface area contributed by atoms with Crippen molar-refractivity contribution in [3.63, 3.8) is 0 Å². The molecule has 0 fully saturated rings. The van der Waals surface area contributed by atoms with Crippen LogP contribution >= 0.6 is 0 Å². The van der Waals surface area contributed by atoms with Gasteiger partial charge in [0.25, 0.3) is 0 Å². The largest absolute Gasteiger partial charge is 0.247 e. The molecule has 0 atom stereocenters. The maximum Gasteiger partial charge on any atom is 0.0744 e. The molecule has 0 aliphatic heterocycles. The van der Waals surface area contributed by atoms with Gasteiger partial charge in [0.15, 0.2) is 0 Å². The van der Waals surface area contributed by atoms with E-state index in [0.29, 0.717) is 0 Å². The Balaban J connectivity index is 1.82. The van der Waals surface area contributed by atoms with Crippen LogP contribution in [0.1, 0.15) is 35.1 Å². The van der Waals surface area contributed by atoms with Gasteiger partial charge in [0.05, 0.1) is 11.2 Å². The Kier molecular flexibility index (Phi) is 2.63. The number of pyridine rings is 1. The Bertz CT molecular complexity index is 892. The normalized spacial score (nSPS) is 16.0. The van der Waals surface area contributed by atoms with Crippen LogP contribution in [0.25, 0.3) is 22.2 Å². The van der Waals surface area contributed by atoms with Crippen molar-refractivity contribution in [1.29, 1.82) is 0 Å². The highest BCUT2D eigenvalue weighted by molar-refractivity contribution is 5.88. The van der Waals surface area contributed by atoms with Crippen molar-refractivity contribution in [2.75, 3.05) is 0 Å². The molecule has 2 aromatic carbocycles. The highest BCUT2D eigenvalue weighted by atomic mass is 14.7. The lowest BCUT2D eigenvalue weighted by molar-refractivity contribution is 0.689. The number of rotatable bonds is 0. The fraction of sp³-hybridized carbons (Fsp3) is 0.286. The molecule has 3 aromatic rings. The number of hydrogen-bond donors (Lipinski definition) is 0. The summed E-state index contributed by atoms with van der Waals surface area (Å²) in [7, 11) is 0. The molecule has 22 heavy (non-hydrogen) atoms. The highest BCUT2D eigenvalue weighted by Gasteiger charge is 2.20. The fourth-order valence-corrected chi connectivity index (χ4v) is 4.18. The van der Waals surface area contributed by atoms with Crippen LogP contribution in [-0.4, -0.2) is 4.98 Å². The molecule has 1 nitrogen and oxygen atoms in total. The third-order valence-corrected chi connectivity index (χ3v) is 5.33. The van der Waals surface area contributed by atoms with E-state index in [1.54, 1.807) is 0 Å². The fourth-order valence-electron chi connectivity index (χ4n) is 4.18. The summed E-state index contributed by atoms with van der Waals surface area (Å²) in [6, 6.07) is 15.8. The minimum absolute atomic E-state index is 1.12. The third kappa shape index (κ3) is 1.75. The molecule has 0 radical (unpaired) electrons. The van der Waals surface area contributed by atoms with E-state index in [4.69, 9.17) is 4.98 Å². The summed E-state index contributed by atoms with van der Waals surface area (Å²) in [6.45, 7) is 0. The molecule has 1 aromatic heterocycles. The maximum absolute atomic E-state index is 5.17. The predicted octanol–water partition coefficient (Wildman–Crippen LogP) is 4.88. The zero-order valence-corrected chi connectivity index (χ0v) is 12.7. The number of aromatic nitrogens is 1. The first-order chi connectivity index (χ1) is 10.9. The zero-order valence-electron chi connectivity index (χ0n) is 12.7. The van der Waals surface area contributed by atoms with Crippen LogP contribution in [0.4, 0.5) is 0 Å². The monoisotopic (exact) mass is 285 g/mol. The third-order valence-electron chi connectivity index (χ3n) is 5.33. The van der Waals surface area contributed by atoms with Crippen molar-refractivity contribution in [2.45, 2.75) is 38.5 Å². The summed E-state index contributed by atoms with van der Waals surface area (Å²) in [4.78, 5) is 5.17. The van der Waals surface area contributed by atoms with Crippen LogP contribution < -0.4 is 0 Å². The van der Waals surface area contributed by atoms with E-state index >= 15 is 0 Å². The molecule has 2 aliphatic rings. The summed E-state index contributed by atoms with van der Waals surface area (Å²) in [5, 5.41) is 1.33. The van der Waals surface area contributed by atoms with Crippen LogP contribution in [0.3, 0.4) is 0 Å². The van der Waals surface area contributed by atoms with Crippen LogP contribution in [0, 0.1) is 0 Å². The first kappa shape index (κ1) is 12.4. The first-order valence-electron chi connectivity index (χ1n) is 8.43. The van der Waals surface area contributed by atoms with Crippen LogP contribution in [0.2, 0.25) is 0 Å². The van der Waals surface area contributed by atoms with Gasteiger partial charge in [-0.05, 0) is 66.8 Å². The lowest BCUT2D eigenvalue weighted by Crippen LogP contribution is -2.08. The standard InChI is InChI=1S/C21H19N/c1-3-7-18-14(5-1)9-11-16-13-17-12-10-15-6-2-4-8-19(15)21(17)22-20(16)18/h1,3,5,7,10,12-13H,2,4,6,8-9,11H2. The van der Waals surface area contributed by atoms with Crippen molar-refractivity contribution in [3.05, 3.63) is 64.7 Å². The maximum atomic E-state index is 5.17. The molecule has 1 heteroatoms. The summed E-state index contributed by atoms with van der Waals surface area (Å²) in [5.74, 6) is 0. The second kappa shape index (κ2) is 4.67. The van der Waals surface area contributed by atoms with E-state index in [2.05, 4.69) is 42.5 Å². The van der Waals surface area contributed by atoms with E-state index in [1.165, 1.54) is 70.1 Å². The molecular formula is C21H19N. The Morgan fingerprint density at radius 3 is 2.59 bits per heavy atom. The van der Waals surface area contributed by atoms with Gasteiger partial charge in [-0.1, -0.05) is 36.4 Å². The van der Waals surface area contributed by atoms with Gasteiger partial charge in [0, 0.05) is 10.9 Å². The molecular weight excluding hydrogens is 266 g/mol. The van der Waals surface area contributed by atoms with E-state index in [0.717, 1.165) is 12.8 Å². The molecule has 0 bridgehead atoms. The summed E-state index contributed by atoms with van der Waals surface area (Å²) < 4.78 is 0. The smallest absolute Gasteiger partial charge is 0.0744 e. The van der Waals surface area contributed by atoms with E-state index < -0.39 is 0 Å². The second-order valence-electron chi connectivity index (χ2n) is 6.64. The Hall–Kier alpha value is -2.15. The SMILES string of the molecule is c1ccc2c(c1)CCc1cc3ccc4c(c3nc1-2)CCCC4. The summed E-state index contributed by atoms with van der Waals surface area (Å²) in [6.07, 6.45) is 7.31. The summed E-state index contributed by atoms with van der Waals surface area (Å²) in [5.41, 5.74) is 9.73. The summed E-state index contributed by atoms with van der Waals surface area (Å²) >= 11 is 0. The van der Waals surface area contributed by atoms with Crippen molar-refractivity contribution in [1.82, 2.24) is 4.98 Å². The van der Waals surface area contributed by atoms with Crippen LogP contribution in [-0.2, 0) is 25.7 Å². The lowest BCUT2D eigenvalue weighted by Gasteiger charge is -2.22.